The minimum atomic E-state index is -1.01. The first-order valence-electron chi connectivity index (χ1n) is 9.64. The Kier molecular flexibility index (Phi) is 6.72. The van der Waals surface area contributed by atoms with Gasteiger partial charge in [-0.15, -0.1) is 0 Å². The molecule has 0 atom stereocenters. The second-order valence-corrected chi connectivity index (χ2v) is 6.86. The Morgan fingerprint density at radius 2 is 1.66 bits per heavy atom. The van der Waals surface area contributed by atoms with Crippen LogP contribution in [-0.4, -0.2) is 43.3 Å². The first-order valence-corrected chi connectivity index (χ1v) is 9.64. The van der Waals surface area contributed by atoms with Crippen LogP contribution in [0.1, 0.15) is 30.1 Å². The Labute approximate surface area is 169 Å². The molecule has 1 saturated heterocycles. The number of hydrogen-bond donors (Lipinski definition) is 2. The molecule has 0 bridgehead atoms. The van der Waals surface area contributed by atoms with Gasteiger partial charge in [-0.2, -0.15) is 0 Å². The summed E-state index contributed by atoms with van der Waals surface area (Å²) in [6.07, 6.45) is 0.727. The van der Waals surface area contributed by atoms with E-state index in [1.165, 1.54) is 0 Å². The number of rotatable bonds is 8. The number of benzene rings is 2. The summed E-state index contributed by atoms with van der Waals surface area (Å²) < 4.78 is 16.8. The number of amides is 1. The van der Waals surface area contributed by atoms with Gasteiger partial charge in [0.15, 0.2) is 11.5 Å². The molecular formula is C22H25NO6. The highest BCUT2D eigenvalue weighted by Crippen LogP contribution is 2.33. The van der Waals surface area contributed by atoms with Crippen molar-refractivity contribution in [2.45, 2.75) is 19.8 Å². The molecule has 1 fully saturated rings. The van der Waals surface area contributed by atoms with E-state index in [1.807, 2.05) is 19.1 Å². The minimum absolute atomic E-state index is 0.0361. The highest BCUT2D eigenvalue weighted by molar-refractivity contribution is 5.97. The lowest BCUT2D eigenvalue weighted by Crippen LogP contribution is -2.46. The summed E-state index contributed by atoms with van der Waals surface area (Å²) in [5, 5.41) is 12.4. The van der Waals surface area contributed by atoms with E-state index in [2.05, 4.69) is 5.32 Å². The van der Waals surface area contributed by atoms with Crippen LogP contribution in [0, 0.1) is 5.41 Å². The molecule has 29 heavy (non-hydrogen) atoms. The average Bonchev–Trinajstić information content (AvgIpc) is 2.74. The standard InChI is InChI=1S/C22H25NO6/c1-2-28-18-9-5-6-10-19(18)29-17-8-4-3-7-16(17)20(24)23-15-22(21(25)26)11-13-27-14-12-22/h3-10H,2,11-15H2,1H3,(H,23,24)(H,25,26). The van der Waals surface area contributed by atoms with E-state index in [4.69, 9.17) is 14.2 Å². The number of aliphatic carboxylic acids is 1. The molecule has 0 aliphatic carbocycles. The molecule has 1 amide bonds. The summed E-state index contributed by atoms with van der Waals surface area (Å²) in [6, 6.07) is 14.1. The van der Waals surface area contributed by atoms with Crippen LogP contribution in [0.2, 0.25) is 0 Å². The number of ether oxygens (including phenoxy) is 3. The topological polar surface area (TPSA) is 94.1 Å². The lowest BCUT2D eigenvalue weighted by Gasteiger charge is -2.33. The smallest absolute Gasteiger partial charge is 0.311 e. The Hall–Kier alpha value is -3.06. The number of hydrogen-bond acceptors (Lipinski definition) is 5. The normalized spacial score (nSPS) is 15.3. The maximum Gasteiger partial charge on any atom is 0.311 e. The lowest BCUT2D eigenvalue weighted by molar-refractivity contribution is -0.154. The van der Waals surface area contributed by atoms with Gasteiger partial charge in [0.25, 0.3) is 5.91 Å². The quantitative estimate of drug-likeness (QED) is 0.706. The summed E-state index contributed by atoms with van der Waals surface area (Å²) in [6.45, 7) is 3.15. The predicted octanol–water partition coefficient (Wildman–Crippen LogP) is 3.49. The molecule has 1 heterocycles. The van der Waals surface area contributed by atoms with Gasteiger partial charge < -0.3 is 24.6 Å². The van der Waals surface area contributed by atoms with Crippen LogP contribution < -0.4 is 14.8 Å². The molecule has 2 aromatic carbocycles. The third-order valence-electron chi connectivity index (χ3n) is 4.99. The van der Waals surface area contributed by atoms with Gasteiger partial charge in [0.05, 0.1) is 17.6 Å². The zero-order valence-corrected chi connectivity index (χ0v) is 16.3. The molecule has 7 heteroatoms. The Bertz CT molecular complexity index is 860. The van der Waals surface area contributed by atoms with Gasteiger partial charge in [0.2, 0.25) is 0 Å². The van der Waals surface area contributed by atoms with Gasteiger partial charge in [0, 0.05) is 19.8 Å². The predicted molar refractivity (Wildman–Crippen MR) is 107 cm³/mol. The molecule has 0 unspecified atom stereocenters. The Morgan fingerprint density at radius 1 is 1.03 bits per heavy atom. The fourth-order valence-corrected chi connectivity index (χ4v) is 3.24. The Morgan fingerprint density at radius 3 is 2.31 bits per heavy atom. The van der Waals surface area contributed by atoms with Crippen molar-refractivity contribution in [1.29, 1.82) is 0 Å². The third kappa shape index (κ3) is 4.86. The maximum absolute atomic E-state index is 12.8. The van der Waals surface area contributed by atoms with E-state index >= 15 is 0 Å². The first-order chi connectivity index (χ1) is 14.1. The second kappa shape index (κ2) is 9.43. The van der Waals surface area contributed by atoms with Crippen LogP contribution in [0.3, 0.4) is 0 Å². The molecule has 1 aliphatic rings. The van der Waals surface area contributed by atoms with Crippen LogP contribution >= 0.6 is 0 Å². The van der Waals surface area contributed by atoms with E-state index in [-0.39, 0.29) is 12.5 Å². The number of carboxylic acids is 1. The molecule has 1 aliphatic heterocycles. The maximum atomic E-state index is 12.8. The minimum Gasteiger partial charge on any atom is -0.490 e. The molecule has 0 saturated carbocycles. The van der Waals surface area contributed by atoms with E-state index in [9.17, 15) is 14.7 Å². The molecule has 0 radical (unpaired) electrons. The van der Waals surface area contributed by atoms with Gasteiger partial charge in [0.1, 0.15) is 5.75 Å². The van der Waals surface area contributed by atoms with Crippen molar-refractivity contribution in [3.05, 3.63) is 54.1 Å². The van der Waals surface area contributed by atoms with Crippen molar-refractivity contribution in [2.24, 2.45) is 5.41 Å². The SMILES string of the molecule is CCOc1ccccc1Oc1ccccc1C(=O)NCC1(C(=O)O)CCOCC1. The number of carboxylic acid groups (broad SMARTS) is 1. The average molecular weight is 399 g/mol. The Balaban J connectivity index is 1.76. The summed E-state index contributed by atoms with van der Waals surface area (Å²) >= 11 is 0. The van der Waals surface area contributed by atoms with Crippen molar-refractivity contribution in [3.8, 4) is 17.2 Å². The second-order valence-electron chi connectivity index (χ2n) is 6.86. The van der Waals surface area contributed by atoms with Crippen LogP contribution in [0.4, 0.5) is 0 Å². The third-order valence-corrected chi connectivity index (χ3v) is 4.99. The molecule has 154 valence electrons. The van der Waals surface area contributed by atoms with Crippen molar-refractivity contribution in [1.82, 2.24) is 5.32 Å². The molecule has 2 N–H and O–H groups in total. The summed E-state index contributed by atoms with van der Waals surface area (Å²) in [4.78, 5) is 24.6. The van der Waals surface area contributed by atoms with Crippen molar-refractivity contribution in [2.75, 3.05) is 26.4 Å². The first kappa shape index (κ1) is 20.7. The highest BCUT2D eigenvalue weighted by atomic mass is 16.5. The van der Waals surface area contributed by atoms with Crippen molar-refractivity contribution < 1.29 is 28.9 Å². The lowest BCUT2D eigenvalue weighted by atomic mass is 9.80. The van der Waals surface area contributed by atoms with Crippen molar-refractivity contribution >= 4 is 11.9 Å². The summed E-state index contributed by atoms with van der Waals surface area (Å²) in [5.41, 5.74) is -0.683. The molecule has 7 nitrogen and oxygen atoms in total. The van der Waals surface area contributed by atoms with E-state index in [0.29, 0.717) is 55.5 Å². The van der Waals surface area contributed by atoms with Gasteiger partial charge in [-0.1, -0.05) is 24.3 Å². The number of carbonyl (C=O) groups excluding carboxylic acids is 1. The summed E-state index contributed by atoms with van der Waals surface area (Å²) in [5.74, 6) is 0.143. The monoisotopic (exact) mass is 399 g/mol. The van der Waals surface area contributed by atoms with Crippen LogP contribution in [-0.2, 0) is 9.53 Å². The number of carbonyl (C=O) groups is 2. The molecule has 3 rings (SSSR count). The van der Waals surface area contributed by atoms with Gasteiger partial charge in [-0.3, -0.25) is 9.59 Å². The van der Waals surface area contributed by atoms with Gasteiger partial charge >= 0.3 is 5.97 Å². The summed E-state index contributed by atoms with van der Waals surface area (Å²) in [7, 11) is 0. The number of para-hydroxylation sites is 3. The van der Waals surface area contributed by atoms with Gasteiger partial charge in [-0.05, 0) is 44.0 Å². The van der Waals surface area contributed by atoms with E-state index in [0.717, 1.165) is 0 Å². The van der Waals surface area contributed by atoms with Crippen molar-refractivity contribution in [3.63, 3.8) is 0 Å². The largest absolute Gasteiger partial charge is 0.490 e. The van der Waals surface area contributed by atoms with E-state index < -0.39 is 11.4 Å². The fraction of sp³-hybridized carbons (Fsp3) is 0.364. The molecule has 2 aromatic rings. The molecule has 0 aromatic heterocycles. The zero-order chi connectivity index (χ0) is 20.7. The molecular weight excluding hydrogens is 374 g/mol. The van der Waals surface area contributed by atoms with Gasteiger partial charge in [-0.25, -0.2) is 0 Å². The molecule has 0 spiro atoms. The highest BCUT2D eigenvalue weighted by Gasteiger charge is 2.40. The van der Waals surface area contributed by atoms with Crippen LogP contribution in [0.25, 0.3) is 0 Å². The van der Waals surface area contributed by atoms with Crippen LogP contribution in [0.5, 0.6) is 17.2 Å². The zero-order valence-electron chi connectivity index (χ0n) is 16.3. The number of nitrogens with one attached hydrogen (secondary N) is 1. The fourth-order valence-electron chi connectivity index (χ4n) is 3.24. The van der Waals surface area contributed by atoms with E-state index in [1.54, 1.807) is 36.4 Å². The van der Waals surface area contributed by atoms with Crippen LogP contribution in [0.15, 0.2) is 48.5 Å².